The molecular formula is C21H23N3O3. The lowest BCUT2D eigenvalue weighted by molar-refractivity contribution is -0.143. The molecule has 0 N–H and O–H groups in total. The number of rotatable bonds is 3. The topological polar surface area (TPSA) is 62.7 Å². The molecule has 4 aliphatic rings. The van der Waals surface area contributed by atoms with Crippen molar-refractivity contribution in [1.29, 1.82) is 0 Å². The van der Waals surface area contributed by atoms with Crippen molar-refractivity contribution in [2.45, 2.75) is 31.6 Å². The standard InChI is InChI=1S/C21H23N3O3/c1-14-5-9-23(10-6-14)19(25)17-16-4-7-21(27-16)13-24(20(26)18(17)21)12-15-3-2-8-22-11-15/h2-5,7-8,11,16-18H,6,9-10,12-13H2,1H3/t16-,17-,18+,21-/m0/s1. The molecule has 1 aromatic heterocycles. The van der Waals surface area contributed by atoms with E-state index in [4.69, 9.17) is 4.74 Å². The predicted octanol–water partition coefficient (Wildman–Crippen LogP) is 1.54. The van der Waals surface area contributed by atoms with Crippen molar-refractivity contribution in [3.8, 4) is 0 Å². The fourth-order valence-corrected chi connectivity index (χ4v) is 4.89. The zero-order chi connectivity index (χ0) is 18.6. The van der Waals surface area contributed by atoms with Crippen LogP contribution in [0.3, 0.4) is 0 Å². The normalized spacial score (nSPS) is 34.2. The van der Waals surface area contributed by atoms with E-state index in [0.29, 0.717) is 19.6 Å². The van der Waals surface area contributed by atoms with Crippen LogP contribution in [0, 0.1) is 11.8 Å². The van der Waals surface area contributed by atoms with Crippen molar-refractivity contribution in [3.63, 3.8) is 0 Å². The van der Waals surface area contributed by atoms with Crippen LogP contribution in [0.1, 0.15) is 18.9 Å². The first-order valence-electron chi connectivity index (χ1n) is 9.57. The molecule has 0 saturated carbocycles. The van der Waals surface area contributed by atoms with E-state index in [1.54, 1.807) is 12.4 Å². The van der Waals surface area contributed by atoms with E-state index in [1.807, 2.05) is 34.1 Å². The number of fused-ring (bicyclic) bond motifs is 1. The van der Waals surface area contributed by atoms with Crippen LogP contribution in [-0.2, 0) is 20.9 Å². The molecule has 4 atom stereocenters. The molecule has 140 valence electrons. The largest absolute Gasteiger partial charge is 0.360 e. The van der Waals surface area contributed by atoms with Crippen molar-refractivity contribution in [2.24, 2.45) is 11.8 Å². The lowest BCUT2D eigenvalue weighted by Gasteiger charge is -2.31. The van der Waals surface area contributed by atoms with E-state index in [2.05, 4.69) is 18.0 Å². The van der Waals surface area contributed by atoms with Crippen molar-refractivity contribution < 1.29 is 14.3 Å². The second kappa shape index (κ2) is 6.02. The Bertz CT molecular complexity index is 849. The van der Waals surface area contributed by atoms with Gasteiger partial charge in [0.1, 0.15) is 5.60 Å². The minimum atomic E-state index is -0.647. The summed E-state index contributed by atoms with van der Waals surface area (Å²) >= 11 is 0. The van der Waals surface area contributed by atoms with Gasteiger partial charge in [0.25, 0.3) is 0 Å². The summed E-state index contributed by atoms with van der Waals surface area (Å²) in [6, 6.07) is 3.83. The Labute approximate surface area is 158 Å². The van der Waals surface area contributed by atoms with Gasteiger partial charge in [0, 0.05) is 32.0 Å². The van der Waals surface area contributed by atoms with E-state index >= 15 is 0 Å². The molecule has 2 fully saturated rings. The van der Waals surface area contributed by atoms with Gasteiger partial charge in [-0.05, 0) is 25.0 Å². The lowest BCUT2D eigenvalue weighted by atomic mass is 9.76. The van der Waals surface area contributed by atoms with Crippen LogP contribution in [-0.4, -0.2) is 57.9 Å². The van der Waals surface area contributed by atoms with Crippen LogP contribution in [0.5, 0.6) is 0 Å². The Morgan fingerprint density at radius 3 is 3.07 bits per heavy atom. The number of hydrogen-bond donors (Lipinski definition) is 0. The first-order chi connectivity index (χ1) is 13.1. The van der Waals surface area contributed by atoms with Gasteiger partial charge in [0.15, 0.2) is 0 Å². The fourth-order valence-electron chi connectivity index (χ4n) is 4.89. The maximum absolute atomic E-state index is 13.2. The number of likely N-dealkylation sites (tertiary alicyclic amines) is 1. The SMILES string of the molecule is CC1=CCN(C(=O)[C@H]2[C@@H]3C=C[C@@]4(CN(Cc5cccnc5)C(=O)[C@@H]24)O3)CC1. The summed E-state index contributed by atoms with van der Waals surface area (Å²) < 4.78 is 6.22. The first-order valence-corrected chi connectivity index (χ1v) is 9.57. The first kappa shape index (κ1) is 16.7. The van der Waals surface area contributed by atoms with Gasteiger partial charge < -0.3 is 14.5 Å². The molecule has 6 nitrogen and oxygen atoms in total. The van der Waals surface area contributed by atoms with Crippen molar-refractivity contribution in [1.82, 2.24) is 14.8 Å². The van der Waals surface area contributed by atoms with Gasteiger partial charge in [-0.25, -0.2) is 0 Å². The van der Waals surface area contributed by atoms with E-state index in [9.17, 15) is 9.59 Å². The highest BCUT2D eigenvalue weighted by molar-refractivity contribution is 5.93. The number of nitrogens with zero attached hydrogens (tertiary/aromatic N) is 3. The Balaban J connectivity index is 1.39. The van der Waals surface area contributed by atoms with Gasteiger partial charge in [-0.15, -0.1) is 0 Å². The molecule has 0 aliphatic carbocycles. The molecule has 0 radical (unpaired) electrons. The maximum Gasteiger partial charge on any atom is 0.230 e. The summed E-state index contributed by atoms with van der Waals surface area (Å²) in [7, 11) is 0. The zero-order valence-electron chi connectivity index (χ0n) is 15.4. The third kappa shape index (κ3) is 2.54. The molecule has 0 unspecified atom stereocenters. The summed E-state index contributed by atoms with van der Waals surface area (Å²) in [5.41, 5.74) is 1.66. The number of carbonyl (C=O) groups excluding carboxylic acids is 2. The monoisotopic (exact) mass is 365 g/mol. The van der Waals surface area contributed by atoms with Gasteiger partial charge in [0.2, 0.25) is 11.8 Å². The number of amides is 2. The Morgan fingerprint density at radius 2 is 2.33 bits per heavy atom. The van der Waals surface area contributed by atoms with Gasteiger partial charge in [-0.2, -0.15) is 0 Å². The van der Waals surface area contributed by atoms with Gasteiger partial charge in [0.05, 0.1) is 24.5 Å². The molecule has 1 aromatic rings. The molecule has 2 saturated heterocycles. The predicted molar refractivity (Wildman–Crippen MR) is 98.3 cm³/mol. The van der Waals surface area contributed by atoms with E-state index in [0.717, 1.165) is 18.5 Å². The van der Waals surface area contributed by atoms with Crippen LogP contribution < -0.4 is 0 Å². The highest BCUT2D eigenvalue weighted by atomic mass is 16.5. The summed E-state index contributed by atoms with van der Waals surface area (Å²) in [6.07, 6.45) is 10.2. The lowest BCUT2D eigenvalue weighted by Crippen LogP contribution is -2.47. The molecule has 5 rings (SSSR count). The number of carbonyl (C=O) groups is 2. The van der Waals surface area contributed by atoms with Crippen LogP contribution in [0.15, 0.2) is 48.3 Å². The summed E-state index contributed by atoms with van der Waals surface area (Å²) in [5.74, 6) is -0.749. The molecule has 0 aromatic carbocycles. The quantitative estimate of drug-likeness (QED) is 0.763. The molecule has 1 spiro atoms. The fraction of sp³-hybridized carbons (Fsp3) is 0.476. The summed E-state index contributed by atoms with van der Waals surface area (Å²) in [5, 5.41) is 0. The second-order valence-electron chi connectivity index (χ2n) is 8.04. The van der Waals surface area contributed by atoms with Crippen molar-refractivity contribution >= 4 is 11.8 Å². The second-order valence-corrected chi connectivity index (χ2v) is 8.04. The van der Waals surface area contributed by atoms with E-state index in [-0.39, 0.29) is 17.9 Å². The van der Waals surface area contributed by atoms with Gasteiger partial charge in [-0.1, -0.05) is 29.9 Å². The molecule has 6 heteroatoms. The molecule has 4 aliphatic heterocycles. The molecular weight excluding hydrogens is 342 g/mol. The third-order valence-electron chi connectivity index (χ3n) is 6.31. The minimum Gasteiger partial charge on any atom is -0.360 e. The number of pyridine rings is 1. The van der Waals surface area contributed by atoms with Gasteiger partial charge in [-0.3, -0.25) is 14.6 Å². The molecule has 2 amide bonds. The number of hydrogen-bond acceptors (Lipinski definition) is 4. The highest BCUT2D eigenvalue weighted by Crippen LogP contribution is 2.52. The number of aromatic nitrogens is 1. The number of ether oxygens (including phenoxy) is 1. The summed E-state index contributed by atoms with van der Waals surface area (Å²) in [4.78, 5) is 34.3. The molecule has 5 heterocycles. The zero-order valence-corrected chi connectivity index (χ0v) is 15.4. The highest BCUT2D eigenvalue weighted by Gasteiger charge is 2.67. The minimum absolute atomic E-state index is 0.0211. The molecule has 2 bridgehead atoms. The van der Waals surface area contributed by atoms with Crippen LogP contribution in [0.2, 0.25) is 0 Å². The van der Waals surface area contributed by atoms with Gasteiger partial charge >= 0.3 is 0 Å². The Morgan fingerprint density at radius 1 is 1.44 bits per heavy atom. The Hall–Kier alpha value is -2.47. The van der Waals surface area contributed by atoms with Crippen LogP contribution >= 0.6 is 0 Å². The Kier molecular flexibility index (Phi) is 3.72. The van der Waals surface area contributed by atoms with Crippen LogP contribution in [0.25, 0.3) is 0 Å². The van der Waals surface area contributed by atoms with Crippen molar-refractivity contribution in [3.05, 3.63) is 53.9 Å². The molecule has 27 heavy (non-hydrogen) atoms. The summed E-state index contributed by atoms with van der Waals surface area (Å²) in [6.45, 7) is 4.45. The third-order valence-corrected chi connectivity index (χ3v) is 6.31. The maximum atomic E-state index is 13.2. The smallest absolute Gasteiger partial charge is 0.230 e. The average molecular weight is 365 g/mol. The average Bonchev–Trinajstić information content (AvgIpc) is 3.31. The van der Waals surface area contributed by atoms with Crippen LogP contribution in [0.4, 0.5) is 0 Å². The van der Waals surface area contributed by atoms with Crippen molar-refractivity contribution in [2.75, 3.05) is 19.6 Å². The van der Waals surface area contributed by atoms with E-state index in [1.165, 1.54) is 5.57 Å². The van der Waals surface area contributed by atoms with E-state index < -0.39 is 17.4 Å².